The summed E-state index contributed by atoms with van der Waals surface area (Å²) >= 11 is 3.72. The molecule has 0 atom stereocenters. The monoisotopic (exact) mass is 410 g/mol. The molecule has 6 rings (SSSR count). The summed E-state index contributed by atoms with van der Waals surface area (Å²) in [5.74, 6) is 0. The molecule has 0 saturated carbocycles. The number of hydrogen-bond donors (Lipinski definition) is 0. The molecule has 1 heterocycles. The molecule has 1 aliphatic carbocycles. The largest absolute Gasteiger partial charge is 0.456 e. The van der Waals surface area contributed by atoms with Crippen molar-refractivity contribution in [3.8, 4) is 0 Å². The standard InChI is InChI=1S/C25H15BrO/c26-18-14-20-24-22(15-18)27-21-13-7-12-19(23(21)24)25(20,16-8-3-1-4-9-16)17-10-5-2-6-11-17/h1-15H. The van der Waals surface area contributed by atoms with Crippen molar-refractivity contribution in [1.82, 2.24) is 0 Å². The van der Waals surface area contributed by atoms with Gasteiger partial charge in [-0.3, -0.25) is 0 Å². The minimum Gasteiger partial charge on any atom is -0.456 e. The molecule has 0 bridgehead atoms. The molecular formula is C25H15BrO. The van der Waals surface area contributed by atoms with Crippen molar-refractivity contribution in [1.29, 1.82) is 0 Å². The normalized spacial score (nSPS) is 14.4. The zero-order valence-electron chi connectivity index (χ0n) is 14.4. The van der Waals surface area contributed by atoms with Crippen LogP contribution in [-0.4, -0.2) is 0 Å². The van der Waals surface area contributed by atoms with Gasteiger partial charge in [-0.25, -0.2) is 0 Å². The third-order valence-electron chi connectivity index (χ3n) is 5.78. The molecule has 27 heavy (non-hydrogen) atoms. The Morgan fingerprint density at radius 1 is 0.593 bits per heavy atom. The minimum atomic E-state index is -0.342. The average Bonchev–Trinajstić information content (AvgIpc) is 3.23. The lowest BCUT2D eigenvalue weighted by Crippen LogP contribution is -2.28. The molecule has 4 aromatic carbocycles. The molecule has 0 saturated heterocycles. The van der Waals surface area contributed by atoms with Gasteiger partial charge in [-0.2, -0.15) is 0 Å². The fourth-order valence-electron chi connectivity index (χ4n) is 4.83. The highest BCUT2D eigenvalue weighted by molar-refractivity contribution is 9.10. The lowest BCUT2D eigenvalue weighted by atomic mass is 9.67. The van der Waals surface area contributed by atoms with E-state index in [1.165, 1.54) is 33.0 Å². The van der Waals surface area contributed by atoms with E-state index < -0.39 is 0 Å². The highest BCUT2D eigenvalue weighted by Gasteiger charge is 2.46. The summed E-state index contributed by atoms with van der Waals surface area (Å²) in [6.07, 6.45) is 0. The second-order valence-electron chi connectivity index (χ2n) is 7.09. The van der Waals surface area contributed by atoms with E-state index in [-0.39, 0.29) is 5.41 Å². The van der Waals surface area contributed by atoms with E-state index in [0.717, 1.165) is 15.6 Å². The van der Waals surface area contributed by atoms with Gasteiger partial charge in [0.05, 0.1) is 5.41 Å². The van der Waals surface area contributed by atoms with E-state index in [4.69, 9.17) is 4.42 Å². The topological polar surface area (TPSA) is 13.1 Å². The van der Waals surface area contributed by atoms with Crippen LogP contribution in [0.15, 0.2) is 99.9 Å². The summed E-state index contributed by atoms with van der Waals surface area (Å²) in [7, 11) is 0. The van der Waals surface area contributed by atoms with Gasteiger partial charge in [0, 0.05) is 15.2 Å². The first-order valence-corrected chi connectivity index (χ1v) is 9.86. The van der Waals surface area contributed by atoms with E-state index in [1.54, 1.807) is 0 Å². The fourth-order valence-corrected chi connectivity index (χ4v) is 5.27. The van der Waals surface area contributed by atoms with Crippen LogP contribution in [0.3, 0.4) is 0 Å². The van der Waals surface area contributed by atoms with Crippen LogP contribution < -0.4 is 0 Å². The van der Waals surface area contributed by atoms with Gasteiger partial charge in [0.1, 0.15) is 11.2 Å². The molecule has 0 aliphatic heterocycles. The van der Waals surface area contributed by atoms with Crippen molar-refractivity contribution in [2.45, 2.75) is 5.41 Å². The van der Waals surface area contributed by atoms with Crippen molar-refractivity contribution in [3.05, 3.63) is 118 Å². The highest BCUT2D eigenvalue weighted by Crippen LogP contribution is 2.57. The van der Waals surface area contributed by atoms with E-state index in [1.807, 2.05) is 0 Å². The van der Waals surface area contributed by atoms with Gasteiger partial charge < -0.3 is 4.42 Å². The number of rotatable bonds is 2. The summed E-state index contributed by atoms with van der Waals surface area (Å²) < 4.78 is 7.23. The molecule has 0 radical (unpaired) electrons. The third kappa shape index (κ3) is 1.84. The van der Waals surface area contributed by atoms with Crippen molar-refractivity contribution in [2.75, 3.05) is 0 Å². The number of hydrogen-bond acceptors (Lipinski definition) is 1. The van der Waals surface area contributed by atoms with Gasteiger partial charge >= 0.3 is 0 Å². The SMILES string of the molecule is Brc1cc2c3c(c1)oc1cccc(c13)C2(c1ccccc1)c1ccccc1. The maximum atomic E-state index is 6.19. The predicted molar refractivity (Wildman–Crippen MR) is 113 cm³/mol. The lowest BCUT2D eigenvalue weighted by molar-refractivity contribution is 0.663. The van der Waals surface area contributed by atoms with Crippen LogP contribution in [-0.2, 0) is 5.41 Å². The van der Waals surface area contributed by atoms with Gasteiger partial charge in [0.15, 0.2) is 0 Å². The molecule has 0 N–H and O–H groups in total. The Hall–Kier alpha value is -2.84. The fraction of sp³-hybridized carbons (Fsp3) is 0.0400. The van der Waals surface area contributed by atoms with Crippen molar-refractivity contribution >= 4 is 37.9 Å². The van der Waals surface area contributed by atoms with Crippen LogP contribution in [0.4, 0.5) is 0 Å². The molecule has 1 aromatic heterocycles. The minimum absolute atomic E-state index is 0.342. The van der Waals surface area contributed by atoms with E-state index in [9.17, 15) is 0 Å². The van der Waals surface area contributed by atoms with E-state index in [2.05, 4.69) is 107 Å². The van der Waals surface area contributed by atoms with Gasteiger partial charge in [0.25, 0.3) is 0 Å². The molecular weight excluding hydrogens is 396 g/mol. The quantitative estimate of drug-likeness (QED) is 0.298. The second-order valence-corrected chi connectivity index (χ2v) is 8.00. The average molecular weight is 411 g/mol. The number of furan rings is 1. The summed E-state index contributed by atoms with van der Waals surface area (Å²) in [6, 6.07) is 32.4. The van der Waals surface area contributed by atoms with E-state index in [0.29, 0.717) is 0 Å². The van der Waals surface area contributed by atoms with Gasteiger partial charge in [-0.05, 0) is 40.5 Å². The molecule has 128 valence electrons. The van der Waals surface area contributed by atoms with Crippen molar-refractivity contribution in [2.24, 2.45) is 0 Å². The number of halogens is 1. The van der Waals surface area contributed by atoms with Crippen molar-refractivity contribution in [3.63, 3.8) is 0 Å². The molecule has 0 spiro atoms. The smallest absolute Gasteiger partial charge is 0.136 e. The Morgan fingerprint density at radius 2 is 1.22 bits per heavy atom. The Morgan fingerprint density at radius 3 is 1.89 bits per heavy atom. The summed E-state index contributed by atoms with van der Waals surface area (Å²) in [5.41, 5.74) is 6.68. The first-order chi connectivity index (χ1) is 13.3. The van der Waals surface area contributed by atoms with Crippen LogP contribution in [0.25, 0.3) is 21.9 Å². The van der Waals surface area contributed by atoms with Crippen LogP contribution in [0, 0.1) is 0 Å². The van der Waals surface area contributed by atoms with Crippen LogP contribution in [0.5, 0.6) is 0 Å². The zero-order chi connectivity index (χ0) is 18.0. The van der Waals surface area contributed by atoms with Crippen LogP contribution in [0.2, 0.25) is 0 Å². The zero-order valence-corrected chi connectivity index (χ0v) is 16.0. The molecule has 1 nitrogen and oxygen atoms in total. The molecule has 0 fully saturated rings. The highest BCUT2D eigenvalue weighted by atomic mass is 79.9. The van der Waals surface area contributed by atoms with Crippen LogP contribution in [0.1, 0.15) is 22.3 Å². The Bertz CT molecular complexity index is 1280. The Kier molecular flexibility index (Phi) is 3.01. The predicted octanol–water partition coefficient (Wildman–Crippen LogP) is 7.04. The molecule has 0 amide bonds. The molecule has 1 aliphatic rings. The van der Waals surface area contributed by atoms with E-state index >= 15 is 0 Å². The summed E-state index contributed by atoms with van der Waals surface area (Å²) in [4.78, 5) is 0. The maximum Gasteiger partial charge on any atom is 0.136 e. The third-order valence-corrected chi connectivity index (χ3v) is 6.24. The number of benzene rings is 4. The summed E-state index contributed by atoms with van der Waals surface area (Å²) in [5, 5.41) is 2.47. The van der Waals surface area contributed by atoms with Crippen molar-refractivity contribution < 1.29 is 4.42 Å². The first kappa shape index (κ1) is 15.2. The molecule has 5 aromatic rings. The first-order valence-electron chi connectivity index (χ1n) is 9.07. The lowest BCUT2D eigenvalue weighted by Gasteiger charge is -2.34. The van der Waals surface area contributed by atoms with Gasteiger partial charge in [-0.15, -0.1) is 0 Å². The second kappa shape index (κ2) is 5.34. The Labute approximate surface area is 165 Å². The van der Waals surface area contributed by atoms with Gasteiger partial charge in [0.2, 0.25) is 0 Å². The Balaban J connectivity index is 1.89. The molecule has 0 unspecified atom stereocenters. The van der Waals surface area contributed by atoms with Crippen LogP contribution >= 0.6 is 15.9 Å². The maximum absolute atomic E-state index is 6.19. The van der Waals surface area contributed by atoms with Gasteiger partial charge in [-0.1, -0.05) is 88.7 Å². The molecule has 2 heteroatoms. The summed E-state index contributed by atoms with van der Waals surface area (Å²) in [6.45, 7) is 0.